The van der Waals surface area contributed by atoms with Crippen LogP contribution in [0.25, 0.3) is 21.7 Å². The Morgan fingerprint density at radius 3 is 2.77 bits per heavy atom. The topological polar surface area (TPSA) is 68.7 Å². The van der Waals surface area contributed by atoms with Crippen molar-refractivity contribution < 1.29 is 14.3 Å². The van der Waals surface area contributed by atoms with Gasteiger partial charge in [-0.1, -0.05) is 25.4 Å². The van der Waals surface area contributed by atoms with Gasteiger partial charge in [0, 0.05) is 30.1 Å². The highest BCUT2D eigenvalue weighted by molar-refractivity contribution is 7.19. The number of carbonyl (C=O) groups excluding carboxylic acids is 1. The van der Waals surface area contributed by atoms with E-state index in [0.717, 1.165) is 42.9 Å². The fraction of sp³-hybridized carbons (Fsp3) is 0.385. The Morgan fingerprint density at radius 1 is 1.26 bits per heavy atom. The molecule has 2 N–H and O–H groups in total. The number of benzene rings is 1. The predicted octanol–water partition coefficient (Wildman–Crippen LogP) is 5.40. The van der Waals surface area contributed by atoms with E-state index >= 15 is 0 Å². The van der Waals surface area contributed by atoms with E-state index in [1.807, 2.05) is 29.2 Å². The Morgan fingerprint density at radius 2 is 2.06 bits per heavy atom. The lowest BCUT2D eigenvalue weighted by molar-refractivity contribution is -0.122. The molecule has 4 rings (SSSR count). The molecule has 0 unspecified atom stereocenters. The first-order valence-electron chi connectivity index (χ1n) is 11.9. The first-order valence-corrected chi connectivity index (χ1v) is 13.1. The maximum atomic E-state index is 14.0. The molecular weight excluding hydrogens is 487 g/mol. The smallest absolute Gasteiger partial charge is 0.242 e. The van der Waals surface area contributed by atoms with Gasteiger partial charge in [-0.2, -0.15) is 0 Å². The van der Waals surface area contributed by atoms with Crippen molar-refractivity contribution in [2.24, 2.45) is 0 Å². The second-order valence-corrected chi connectivity index (χ2v) is 10.2. The highest BCUT2D eigenvalue weighted by Crippen LogP contribution is 2.38. The minimum absolute atomic E-state index is 0.0174. The Labute approximate surface area is 214 Å². The summed E-state index contributed by atoms with van der Waals surface area (Å²) in [6.07, 6.45) is 1.60. The summed E-state index contributed by atoms with van der Waals surface area (Å²) in [6.45, 7) is 8.19. The van der Waals surface area contributed by atoms with Crippen LogP contribution < -0.4 is 10.2 Å². The Balaban J connectivity index is 1.66. The van der Waals surface area contributed by atoms with Gasteiger partial charge in [0.1, 0.15) is 23.4 Å². The zero-order valence-corrected chi connectivity index (χ0v) is 21.5. The Kier molecular flexibility index (Phi) is 8.26. The van der Waals surface area contributed by atoms with Crippen LogP contribution >= 0.6 is 22.9 Å². The summed E-state index contributed by atoms with van der Waals surface area (Å²) >= 11 is 7.61. The van der Waals surface area contributed by atoms with Crippen molar-refractivity contribution in [2.75, 3.05) is 37.6 Å². The van der Waals surface area contributed by atoms with Crippen LogP contribution in [0.3, 0.4) is 0 Å². The molecule has 0 bridgehead atoms. The first-order chi connectivity index (χ1) is 16.9. The second-order valence-electron chi connectivity index (χ2n) is 8.53. The van der Waals surface area contributed by atoms with Crippen molar-refractivity contribution >= 4 is 34.7 Å². The van der Waals surface area contributed by atoms with Crippen LogP contribution in [0.4, 0.5) is 10.2 Å². The van der Waals surface area contributed by atoms with Crippen molar-refractivity contribution in [3.63, 3.8) is 0 Å². The zero-order chi connectivity index (χ0) is 24.9. The number of likely N-dealkylation sites (N-methyl/N-ethyl adjacent to an activating group) is 1. The summed E-state index contributed by atoms with van der Waals surface area (Å²) in [5, 5.41) is 13.5. The Hall–Kier alpha value is -2.68. The molecule has 1 aromatic carbocycles. The maximum Gasteiger partial charge on any atom is 0.242 e. The van der Waals surface area contributed by atoms with E-state index in [9.17, 15) is 14.3 Å². The number of nitrogens with one attached hydrogen (secondary N) is 1. The van der Waals surface area contributed by atoms with Crippen molar-refractivity contribution in [3.05, 3.63) is 52.6 Å². The third-order valence-electron chi connectivity index (χ3n) is 6.38. The van der Waals surface area contributed by atoms with Gasteiger partial charge in [0.15, 0.2) is 0 Å². The maximum absolute atomic E-state index is 14.0. The van der Waals surface area contributed by atoms with Gasteiger partial charge in [0.05, 0.1) is 10.0 Å². The number of thiophene rings is 1. The van der Waals surface area contributed by atoms with Gasteiger partial charge in [-0.25, -0.2) is 9.37 Å². The lowest BCUT2D eigenvalue weighted by Crippen LogP contribution is -2.45. The lowest BCUT2D eigenvalue weighted by atomic mass is 10.1. The normalized spacial score (nSPS) is 15.7. The molecule has 3 heterocycles. The van der Waals surface area contributed by atoms with Crippen LogP contribution in [0.1, 0.15) is 26.7 Å². The zero-order valence-electron chi connectivity index (χ0n) is 19.9. The molecule has 6 nitrogen and oxygen atoms in total. The number of rotatable bonds is 9. The summed E-state index contributed by atoms with van der Waals surface area (Å²) in [7, 11) is 0. The molecule has 9 heteroatoms. The van der Waals surface area contributed by atoms with Gasteiger partial charge < -0.3 is 20.2 Å². The largest absolute Gasteiger partial charge is 0.507 e. The minimum atomic E-state index is -0.461. The van der Waals surface area contributed by atoms with Crippen LogP contribution in [0, 0.1) is 5.82 Å². The monoisotopic (exact) mass is 516 g/mol. The molecular formula is C26H30ClFN4O2S. The van der Waals surface area contributed by atoms with E-state index < -0.39 is 5.82 Å². The van der Waals surface area contributed by atoms with Crippen LogP contribution in [0.2, 0.25) is 4.34 Å². The number of nitrogens with zero attached hydrogens (tertiary/aromatic N) is 3. The molecule has 1 saturated heterocycles. The van der Waals surface area contributed by atoms with Gasteiger partial charge in [-0.3, -0.25) is 4.79 Å². The number of halogens is 2. The van der Waals surface area contributed by atoms with Crippen molar-refractivity contribution in [3.8, 4) is 27.4 Å². The molecule has 0 spiro atoms. The highest BCUT2D eigenvalue weighted by atomic mass is 35.5. The summed E-state index contributed by atoms with van der Waals surface area (Å²) in [5.74, 6) is 0.0823. The van der Waals surface area contributed by atoms with Gasteiger partial charge in [-0.15, -0.1) is 11.3 Å². The number of hydrogen-bond acceptors (Lipinski definition) is 6. The fourth-order valence-corrected chi connectivity index (χ4v) is 5.46. The molecule has 0 aliphatic carbocycles. The molecule has 3 aromatic rings. The fourth-order valence-electron chi connectivity index (χ4n) is 4.43. The van der Waals surface area contributed by atoms with Crippen LogP contribution in [-0.2, 0) is 4.79 Å². The Bertz CT molecular complexity index is 1180. The van der Waals surface area contributed by atoms with Crippen LogP contribution in [0.15, 0.2) is 42.5 Å². The molecule has 0 saturated carbocycles. The standard InChI is InChI=1S/C26H30ClFN4O2S/c1-3-31(4-2)13-11-29-26(34)21-6-5-12-32(21)25-15-17(23-9-10-24(27)35-23)14-20(30-25)19-16-18(28)7-8-22(19)33/h7-10,14-16,21,33H,3-6,11-13H2,1-2H3,(H,29,34)/t21-/m0/s1. The second kappa shape index (κ2) is 11.4. The minimum Gasteiger partial charge on any atom is -0.507 e. The third-order valence-corrected chi connectivity index (χ3v) is 7.66. The average molecular weight is 517 g/mol. The molecule has 1 aliphatic rings. The SMILES string of the molecule is CCN(CC)CCNC(=O)[C@@H]1CCCN1c1cc(-c2ccc(Cl)s2)cc(-c2cc(F)ccc2O)n1. The number of anilines is 1. The molecule has 1 fully saturated rings. The van der Waals surface area contributed by atoms with Gasteiger partial charge >= 0.3 is 0 Å². The van der Waals surface area contributed by atoms with Crippen LogP contribution in [0.5, 0.6) is 5.75 Å². The molecule has 35 heavy (non-hydrogen) atoms. The average Bonchev–Trinajstić information content (AvgIpc) is 3.52. The van der Waals surface area contributed by atoms with E-state index in [0.29, 0.717) is 34.5 Å². The number of aromatic hydroxyl groups is 1. The molecule has 0 radical (unpaired) electrons. The van der Waals surface area contributed by atoms with E-state index in [1.165, 1.54) is 29.5 Å². The third kappa shape index (κ3) is 5.94. The van der Waals surface area contributed by atoms with E-state index in [1.54, 1.807) is 0 Å². The lowest BCUT2D eigenvalue weighted by Gasteiger charge is -2.26. The summed E-state index contributed by atoms with van der Waals surface area (Å²) < 4.78 is 14.7. The number of amides is 1. The molecule has 1 amide bonds. The van der Waals surface area contributed by atoms with E-state index in [4.69, 9.17) is 16.6 Å². The van der Waals surface area contributed by atoms with Crippen molar-refractivity contribution in [2.45, 2.75) is 32.7 Å². The summed E-state index contributed by atoms with van der Waals surface area (Å²) in [4.78, 5) is 23.1. The van der Waals surface area contributed by atoms with Crippen molar-refractivity contribution in [1.29, 1.82) is 0 Å². The predicted molar refractivity (Wildman–Crippen MR) is 141 cm³/mol. The molecule has 1 aliphatic heterocycles. The van der Waals surface area contributed by atoms with Crippen LogP contribution in [-0.4, -0.2) is 59.7 Å². The molecule has 2 aromatic heterocycles. The highest BCUT2D eigenvalue weighted by Gasteiger charge is 2.32. The summed E-state index contributed by atoms with van der Waals surface area (Å²) in [5.41, 5.74) is 1.58. The van der Waals surface area contributed by atoms with Crippen molar-refractivity contribution in [1.82, 2.24) is 15.2 Å². The quantitative estimate of drug-likeness (QED) is 0.398. The van der Waals surface area contributed by atoms with E-state index in [2.05, 4.69) is 24.1 Å². The van der Waals surface area contributed by atoms with E-state index in [-0.39, 0.29) is 17.7 Å². The number of aromatic nitrogens is 1. The van der Waals surface area contributed by atoms with Gasteiger partial charge in [0.25, 0.3) is 0 Å². The van der Waals surface area contributed by atoms with Gasteiger partial charge in [0.2, 0.25) is 5.91 Å². The number of phenolic OH excluding ortho intramolecular Hbond substituents is 1. The number of carbonyl (C=O) groups is 1. The number of pyridine rings is 1. The number of phenols is 1. The molecule has 1 atom stereocenters. The molecule has 186 valence electrons. The first kappa shape index (κ1) is 25.4. The number of hydrogen-bond donors (Lipinski definition) is 2. The summed E-state index contributed by atoms with van der Waals surface area (Å²) in [6, 6.07) is 11.0. The van der Waals surface area contributed by atoms with Gasteiger partial charge in [-0.05, 0) is 74.0 Å².